The number of likely N-dealkylation sites (tertiary alicyclic amines) is 1. The van der Waals surface area contributed by atoms with Gasteiger partial charge in [0.1, 0.15) is 0 Å². The molecular weight excluding hydrogens is 364 g/mol. The molecule has 2 fully saturated rings. The standard InChI is InChI=1S/C23H36N4O2/c1-18-8-7-9-19(2)27(18)23(29)20(3)26-14-12-25(13-15-26)17-22(28)24-16-21-10-5-4-6-11-21/h4-6,10-11,18-20H,7-9,12-17H2,1-3H3,(H,24,28)/t18-,19+,20-/m0/s1. The lowest BCUT2D eigenvalue weighted by Gasteiger charge is -2.44. The Kier molecular flexibility index (Phi) is 7.67. The number of carbonyl (C=O) groups excluding carboxylic acids is 2. The molecule has 1 N–H and O–H groups in total. The predicted octanol–water partition coefficient (Wildman–Crippen LogP) is 2.10. The molecule has 29 heavy (non-hydrogen) atoms. The molecular formula is C23H36N4O2. The summed E-state index contributed by atoms with van der Waals surface area (Å²) in [7, 11) is 0. The first-order valence-corrected chi connectivity index (χ1v) is 11.0. The molecule has 6 heteroatoms. The van der Waals surface area contributed by atoms with E-state index in [9.17, 15) is 9.59 Å². The Morgan fingerprint density at radius 1 is 1.03 bits per heavy atom. The number of piperazine rings is 1. The largest absolute Gasteiger partial charge is 0.351 e. The fourth-order valence-corrected chi connectivity index (χ4v) is 4.59. The van der Waals surface area contributed by atoms with E-state index in [1.165, 1.54) is 6.42 Å². The van der Waals surface area contributed by atoms with Gasteiger partial charge in [-0.1, -0.05) is 30.3 Å². The molecule has 3 rings (SSSR count). The Morgan fingerprint density at radius 3 is 2.28 bits per heavy atom. The zero-order valence-electron chi connectivity index (χ0n) is 18.1. The van der Waals surface area contributed by atoms with Gasteiger partial charge >= 0.3 is 0 Å². The molecule has 0 radical (unpaired) electrons. The zero-order valence-corrected chi connectivity index (χ0v) is 18.1. The van der Waals surface area contributed by atoms with Crippen molar-refractivity contribution >= 4 is 11.8 Å². The van der Waals surface area contributed by atoms with Gasteiger partial charge in [-0.15, -0.1) is 0 Å². The van der Waals surface area contributed by atoms with Crippen molar-refractivity contribution < 1.29 is 9.59 Å². The van der Waals surface area contributed by atoms with Crippen molar-refractivity contribution in [3.8, 4) is 0 Å². The summed E-state index contributed by atoms with van der Waals surface area (Å²) in [4.78, 5) is 31.9. The Hall–Kier alpha value is -1.92. The van der Waals surface area contributed by atoms with E-state index in [0.717, 1.165) is 44.6 Å². The fourth-order valence-electron chi connectivity index (χ4n) is 4.59. The van der Waals surface area contributed by atoms with Crippen LogP contribution in [0.3, 0.4) is 0 Å². The molecule has 2 saturated heterocycles. The summed E-state index contributed by atoms with van der Waals surface area (Å²) in [5.74, 6) is 0.321. The van der Waals surface area contributed by atoms with Gasteiger partial charge in [-0.05, 0) is 45.6 Å². The lowest BCUT2D eigenvalue weighted by Crippen LogP contribution is -2.58. The number of nitrogens with zero attached hydrogens (tertiary/aromatic N) is 3. The van der Waals surface area contributed by atoms with Gasteiger partial charge in [-0.25, -0.2) is 0 Å². The Bertz CT molecular complexity index is 663. The number of piperidine rings is 1. The van der Waals surface area contributed by atoms with E-state index in [2.05, 4.69) is 33.9 Å². The molecule has 6 nitrogen and oxygen atoms in total. The van der Waals surface area contributed by atoms with Crippen LogP contribution in [0.15, 0.2) is 30.3 Å². The zero-order chi connectivity index (χ0) is 20.8. The second kappa shape index (κ2) is 10.2. The molecule has 2 aliphatic rings. The van der Waals surface area contributed by atoms with Crippen molar-refractivity contribution in [2.45, 2.75) is 64.7 Å². The van der Waals surface area contributed by atoms with Gasteiger partial charge in [0, 0.05) is 44.8 Å². The number of hydrogen-bond donors (Lipinski definition) is 1. The monoisotopic (exact) mass is 400 g/mol. The van der Waals surface area contributed by atoms with E-state index in [-0.39, 0.29) is 17.9 Å². The van der Waals surface area contributed by atoms with Crippen molar-refractivity contribution in [2.24, 2.45) is 0 Å². The molecule has 2 aliphatic heterocycles. The summed E-state index contributed by atoms with van der Waals surface area (Å²) >= 11 is 0. The molecule has 1 aromatic carbocycles. The maximum atomic E-state index is 13.1. The van der Waals surface area contributed by atoms with Gasteiger partial charge in [0.05, 0.1) is 12.6 Å². The normalized spacial score (nSPS) is 24.9. The number of carbonyl (C=O) groups is 2. The second-order valence-electron chi connectivity index (χ2n) is 8.62. The van der Waals surface area contributed by atoms with Gasteiger partial charge in [0.2, 0.25) is 11.8 Å². The molecule has 1 aromatic rings. The lowest BCUT2D eigenvalue weighted by molar-refractivity contribution is -0.143. The first-order valence-electron chi connectivity index (χ1n) is 11.0. The van der Waals surface area contributed by atoms with Crippen LogP contribution in [0.25, 0.3) is 0 Å². The highest BCUT2D eigenvalue weighted by molar-refractivity contribution is 5.82. The van der Waals surface area contributed by atoms with E-state index in [1.807, 2.05) is 37.3 Å². The number of hydrogen-bond acceptors (Lipinski definition) is 4. The molecule has 0 bridgehead atoms. The summed E-state index contributed by atoms with van der Waals surface area (Å²) in [5, 5.41) is 3.00. The van der Waals surface area contributed by atoms with Crippen LogP contribution < -0.4 is 5.32 Å². The minimum absolute atomic E-state index is 0.0578. The van der Waals surface area contributed by atoms with Crippen LogP contribution in [0.4, 0.5) is 0 Å². The van der Waals surface area contributed by atoms with Gasteiger partial charge in [0.25, 0.3) is 0 Å². The summed E-state index contributed by atoms with van der Waals surface area (Å²) in [6.45, 7) is 10.7. The third-order valence-corrected chi connectivity index (χ3v) is 6.46. The van der Waals surface area contributed by atoms with Crippen LogP contribution in [0.2, 0.25) is 0 Å². The topological polar surface area (TPSA) is 55.9 Å². The summed E-state index contributed by atoms with van der Waals surface area (Å²) in [5.41, 5.74) is 1.11. The van der Waals surface area contributed by atoms with Crippen molar-refractivity contribution in [3.05, 3.63) is 35.9 Å². The fraction of sp³-hybridized carbons (Fsp3) is 0.652. The molecule has 0 unspecified atom stereocenters. The van der Waals surface area contributed by atoms with Crippen LogP contribution in [0, 0.1) is 0 Å². The Morgan fingerprint density at radius 2 is 1.66 bits per heavy atom. The van der Waals surface area contributed by atoms with E-state index >= 15 is 0 Å². The average molecular weight is 401 g/mol. The molecule has 0 aliphatic carbocycles. The molecule has 2 heterocycles. The maximum Gasteiger partial charge on any atom is 0.240 e. The van der Waals surface area contributed by atoms with E-state index in [0.29, 0.717) is 25.2 Å². The SMILES string of the molecule is C[C@@H]1CCC[C@H](C)N1C(=O)[C@H](C)N1CCN(CC(=O)NCc2ccccc2)CC1. The molecule has 3 atom stereocenters. The Balaban J connectivity index is 1.42. The number of nitrogens with one attached hydrogen (secondary N) is 1. The predicted molar refractivity (Wildman–Crippen MR) is 115 cm³/mol. The number of benzene rings is 1. The summed E-state index contributed by atoms with van der Waals surface area (Å²) < 4.78 is 0. The van der Waals surface area contributed by atoms with Crippen LogP contribution in [-0.2, 0) is 16.1 Å². The van der Waals surface area contributed by atoms with Gasteiger partial charge in [-0.3, -0.25) is 19.4 Å². The third-order valence-electron chi connectivity index (χ3n) is 6.46. The first-order chi connectivity index (χ1) is 14.0. The smallest absolute Gasteiger partial charge is 0.240 e. The lowest BCUT2D eigenvalue weighted by atomic mass is 9.96. The van der Waals surface area contributed by atoms with Crippen molar-refractivity contribution in [1.29, 1.82) is 0 Å². The summed E-state index contributed by atoms with van der Waals surface area (Å²) in [6, 6.07) is 10.5. The Labute approximate surface area is 175 Å². The van der Waals surface area contributed by atoms with Crippen LogP contribution in [0.1, 0.15) is 45.6 Å². The average Bonchev–Trinajstić information content (AvgIpc) is 2.73. The highest BCUT2D eigenvalue weighted by Crippen LogP contribution is 2.24. The first kappa shape index (κ1) is 21.8. The van der Waals surface area contributed by atoms with E-state index < -0.39 is 0 Å². The summed E-state index contributed by atoms with van der Waals surface area (Å²) in [6.07, 6.45) is 3.43. The van der Waals surface area contributed by atoms with Crippen LogP contribution in [0.5, 0.6) is 0 Å². The highest BCUT2D eigenvalue weighted by atomic mass is 16.2. The quantitative estimate of drug-likeness (QED) is 0.795. The van der Waals surface area contributed by atoms with Crippen LogP contribution in [-0.4, -0.2) is 77.4 Å². The molecule has 0 spiro atoms. The molecule has 160 valence electrons. The highest BCUT2D eigenvalue weighted by Gasteiger charge is 2.34. The number of amides is 2. The maximum absolute atomic E-state index is 13.1. The van der Waals surface area contributed by atoms with Crippen LogP contribution >= 0.6 is 0 Å². The van der Waals surface area contributed by atoms with Gasteiger partial charge in [-0.2, -0.15) is 0 Å². The van der Waals surface area contributed by atoms with Crippen molar-refractivity contribution in [2.75, 3.05) is 32.7 Å². The van der Waals surface area contributed by atoms with Gasteiger partial charge < -0.3 is 10.2 Å². The van der Waals surface area contributed by atoms with Crippen molar-refractivity contribution in [3.63, 3.8) is 0 Å². The third kappa shape index (κ3) is 5.80. The van der Waals surface area contributed by atoms with E-state index in [1.54, 1.807) is 0 Å². The van der Waals surface area contributed by atoms with E-state index in [4.69, 9.17) is 0 Å². The van der Waals surface area contributed by atoms with Crippen molar-refractivity contribution in [1.82, 2.24) is 20.0 Å². The minimum Gasteiger partial charge on any atom is -0.351 e. The number of rotatable bonds is 6. The minimum atomic E-state index is -0.0907. The second-order valence-corrected chi connectivity index (χ2v) is 8.62. The molecule has 2 amide bonds. The van der Waals surface area contributed by atoms with Gasteiger partial charge in [0.15, 0.2) is 0 Å². The molecule has 0 saturated carbocycles. The molecule has 0 aromatic heterocycles.